The number of benzene rings is 2. The van der Waals surface area contributed by atoms with Gasteiger partial charge in [0.25, 0.3) is 0 Å². The highest BCUT2D eigenvalue weighted by Gasteiger charge is 2.57. The molecule has 4 fully saturated rings. The van der Waals surface area contributed by atoms with Crippen molar-refractivity contribution in [2.45, 2.75) is 81.9 Å². The maximum Gasteiger partial charge on any atom is 0.348 e. The molecule has 1 spiro atoms. The van der Waals surface area contributed by atoms with E-state index in [9.17, 15) is 9.59 Å². The Bertz CT molecular complexity index is 1090. The van der Waals surface area contributed by atoms with E-state index >= 15 is 0 Å². The lowest BCUT2D eigenvalue weighted by Crippen LogP contribution is -2.60. The number of esters is 2. The van der Waals surface area contributed by atoms with Crippen LogP contribution in [0.5, 0.6) is 0 Å². The van der Waals surface area contributed by atoms with Crippen LogP contribution in [-0.4, -0.2) is 67.2 Å². The molecule has 0 aromatic heterocycles. The average molecular weight is 535 g/mol. The maximum absolute atomic E-state index is 14.4. The zero-order valence-corrected chi connectivity index (χ0v) is 22.8. The number of piperidine rings is 1. The Morgan fingerprint density at radius 1 is 0.897 bits per heavy atom. The molecular weight excluding hydrogens is 494 g/mol. The fraction of sp³-hybridized carbons (Fsp3) is 0.562. The van der Waals surface area contributed by atoms with E-state index in [4.69, 9.17) is 18.9 Å². The lowest BCUT2D eigenvalue weighted by molar-refractivity contribution is -0.956. The molecule has 2 aromatic rings. The molecule has 4 saturated heterocycles. The van der Waals surface area contributed by atoms with E-state index in [1.807, 2.05) is 60.7 Å². The molecule has 208 valence electrons. The second-order valence-electron chi connectivity index (χ2n) is 11.7. The van der Waals surface area contributed by atoms with E-state index in [-0.39, 0.29) is 18.0 Å². The van der Waals surface area contributed by atoms with Gasteiger partial charge >= 0.3 is 11.9 Å². The Balaban J connectivity index is 1.29. The van der Waals surface area contributed by atoms with Gasteiger partial charge in [-0.15, -0.1) is 0 Å². The maximum atomic E-state index is 14.4. The van der Waals surface area contributed by atoms with Crippen molar-refractivity contribution in [2.75, 3.05) is 26.3 Å². The van der Waals surface area contributed by atoms with Gasteiger partial charge in [-0.2, -0.15) is 0 Å². The van der Waals surface area contributed by atoms with Crippen molar-refractivity contribution in [2.24, 2.45) is 5.92 Å². The molecule has 2 unspecified atom stereocenters. The minimum atomic E-state index is -1.58. The van der Waals surface area contributed by atoms with Crippen LogP contribution in [0, 0.1) is 5.92 Å². The first-order chi connectivity index (χ1) is 19.0. The minimum absolute atomic E-state index is 0.150. The molecule has 0 N–H and O–H groups in total. The molecule has 7 heteroatoms. The summed E-state index contributed by atoms with van der Waals surface area (Å²) in [6.45, 7) is 5.10. The summed E-state index contributed by atoms with van der Waals surface area (Å²) in [6, 6.07) is 20.0. The van der Waals surface area contributed by atoms with E-state index in [0.29, 0.717) is 42.8 Å². The van der Waals surface area contributed by atoms with Crippen LogP contribution in [0.1, 0.15) is 63.0 Å². The summed E-state index contributed by atoms with van der Waals surface area (Å²) in [5.41, 5.74) is -0.282. The first kappa shape index (κ1) is 26.5. The summed E-state index contributed by atoms with van der Waals surface area (Å²) >= 11 is 0. The van der Waals surface area contributed by atoms with Crippen LogP contribution in [0.4, 0.5) is 0 Å². The predicted octanol–water partition coefficient (Wildman–Crippen LogP) is 4.72. The van der Waals surface area contributed by atoms with Gasteiger partial charge in [0.15, 0.2) is 0 Å². The van der Waals surface area contributed by atoms with Crippen molar-refractivity contribution >= 4 is 11.9 Å². The molecule has 2 aromatic carbocycles. The van der Waals surface area contributed by atoms with Gasteiger partial charge < -0.3 is 23.4 Å². The van der Waals surface area contributed by atoms with Gasteiger partial charge in [0.1, 0.15) is 6.10 Å². The van der Waals surface area contributed by atoms with Crippen LogP contribution >= 0.6 is 0 Å². The number of quaternary nitrogens is 1. The van der Waals surface area contributed by atoms with E-state index in [0.717, 1.165) is 12.8 Å². The van der Waals surface area contributed by atoms with E-state index in [1.54, 1.807) is 6.92 Å². The van der Waals surface area contributed by atoms with E-state index in [1.165, 1.54) is 43.3 Å². The molecule has 2 bridgehead atoms. The predicted molar refractivity (Wildman–Crippen MR) is 144 cm³/mol. The van der Waals surface area contributed by atoms with Crippen LogP contribution in [0.3, 0.4) is 0 Å². The summed E-state index contributed by atoms with van der Waals surface area (Å²) in [4.78, 5) is 27.2. The van der Waals surface area contributed by atoms with Crippen LogP contribution in [0.15, 0.2) is 60.7 Å². The lowest BCUT2D eigenvalue weighted by atomic mass is 9.85. The molecule has 7 nitrogen and oxygen atoms in total. The third-order valence-corrected chi connectivity index (χ3v) is 9.57. The Kier molecular flexibility index (Phi) is 7.49. The van der Waals surface area contributed by atoms with Crippen LogP contribution < -0.4 is 0 Å². The van der Waals surface area contributed by atoms with Gasteiger partial charge in [-0.1, -0.05) is 60.7 Å². The van der Waals surface area contributed by atoms with Crippen molar-refractivity contribution in [1.29, 1.82) is 0 Å². The van der Waals surface area contributed by atoms with Crippen molar-refractivity contribution in [3.05, 3.63) is 71.8 Å². The van der Waals surface area contributed by atoms with Gasteiger partial charge in [-0.25, -0.2) is 4.79 Å². The van der Waals surface area contributed by atoms with Gasteiger partial charge in [-0.3, -0.25) is 4.79 Å². The Hall–Kier alpha value is -2.74. The Morgan fingerprint density at radius 2 is 1.49 bits per heavy atom. The van der Waals surface area contributed by atoms with E-state index < -0.39 is 17.9 Å². The summed E-state index contributed by atoms with van der Waals surface area (Å²) < 4.78 is 25.3. The fourth-order valence-corrected chi connectivity index (χ4v) is 7.73. The minimum Gasteiger partial charge on any atom is -0.459 e. The largest absolute Gasteiger partial charge is 0.459 e. The number of carbonyl (C=O) groups is 2. The normalized spacial score (nSPS) is 28.3. The highest BCUT2D eigenvalue weighted by molar-refractivity contribution is 5.86. The number of carbonyl (C=O) groups excluding carboxylic acids is 2. The van der Waals surface area contributed by atoms with Gasteiger partial charge in [0.2, 0.25) is 11.9 Å². The number of nitrogens with zero attached hydrogens (tertiary/aromatic N) is 1. The number of hydrogen-bond acceptors (Lipinski definition) is 6. The van der Waals surface area contributed by atoms with Gasteiger partial charge in [-0.05, 0) is 24.5 Å². The fourth-order valence-electron chi connectivity index (χ4n) is 7.73. The molecule has 4 heterocycles. The third kappa shape index (κ3) is 4.90. The monoisotopic (exact) mass is 534 g/mol. The van der Waals surface area contributed by atoms with Gasteiger partial charge in [0, 0.05) is 45.1 Å². The number of ether oxygens (including phenoxy) is 4. The van der Waals surface area contributed by atoms with E-state index in [2.05, 4.69) is 0 Å². The molecule has 6 rings (SSSR count). The zero-order chi connectivity index (χ0) is 26.9. The van der Waals surface area contributed by atoms with Crippen LogP contribution in [0.2, 0.25) is 0 Å². The summed E-state index contributed by atoms with van der Waals surface area (Å²) in [5.74, 6) is -1.14. The molecule has 0 saturated carbocycles. The Morgan fingerprint density at radius 3 is 2.03 bits per heavy atom. The van der Waals surface area contributed by atoms with Crippen molar-refractivity contribution in [1.82, 2.24) is 0 Å². The molecular formula is C32H40NO6+. The highest BCUT2D eigenvalue weighted by Crippen LogP contribution is 2.47. The third-order valence-electron chi connectivity index (χ3n) is 9.57. The zero-order valence-electron chi connectivity index (χ0n) is 22.8. The van der Waals surface area contributed by atoms with Crippen LogP contribution in [0.25, 0.3) is 0 Å². The quantitative estimate of drug-likeness (QED) is 0.277. The highest BCUT2D eigenvalue weighted by atomic mass is 16.7. The topological polar surface area (TPSA) is 71.1 Å². The molecule has 39 heavy (non-hydrogen) atoms. The summed E-state index contributed by atoms with van der Waals surface area (Å²) in [7, 11) is 0. The Labute approximate surface area is 231 Å². The molecule has 0 amide bonds. The molecule has 4 aliphatic heterocycles. The van der Waals surface area contributed by atoms with Gasteiger partial charge in [0.05, 0.1) is 37.7 Å². The molecule has 4 aliphatic rings. The van der Waals surface area contributed by atoms with Crippen molar-refractivity contribution in [3.8, 4) is 0 Å². The van der Waals surface area contributed by atoms with Crippen molar-refractivity contribution in [3.63, 3.8) is 0 Å². The first-order valence-electron chi connectivity index (χ1n) is 14.7. The smallest absolute Gasteiger partial charge is 0.348 e. The van der Waals surface area contributed by atoms with Crippen LogP contribution in [-0.2, 0) is 34.1 Å². The second kappa shape index (κ2) is 11.0. The number of hydrogen-bond donors (Lipinski definition) is 0. The SMILES string of the molecule is C[C@@H](OC(=O)[C@H]1CCOC1)OC(C(=O)OC1CC2CCC(C1)[N+]21CCCC1)(c1ccccc1)c1ccccc1. The molecule has 4 atom stereocenters. The molecule has 0 radical (unpaired) electrons. The lowest BCUT2D eigenvalue weighted by Gasteiger charge is -2.47. The second-order valence-corrected chi connectivity index (χ2v) is 11.7. The van der Waals surface area contributed by atoms with Crippen molar-refractivity contribution < 1.29 is 33.0 Å². The molecule has 0 aliphatic carbocycles. The standard InChI is InChI=1S/C32H40NO6/c1-23(37-30(34)24-16-19-36-22-24)39-32(25-10-4-2-5-11-25,26-12-6-3-7-13-26)31(35)38-29-20-27-14-15-28(21-29)33(27)17-8-9-18-33/h2-7,10-13,23-24,27-29H,8-9,14-22H2,1H3/q+1/t23-,24-,27?,28?,29?/m0/s1. The average Bonchev–Trinajstić information content (AvgIpc) is 3.70. The first-order valence-corrected chi connectivity index (χ1v) is 14.7. The summed E-state index contributed by atoms with van der Waals surface area (Å²) in [6.07, 6.45) is 6.34. The number of rotatable bonds is 8. The summed E-state index contributed by atoms with van der Waals surface area (Å²) in [5, 5.41) is 0.